The Morgan fingerprint density at radius 1 is 0.913 bits per heavy atom. The van der Waals surface area contributed by atoms with Crippen LogP contribution in [0.2, 0.25) is 0 Å². The lowest BCUT2D eigenvalue weighted by molar-refractivity contribution is -0.143. The standard InChI is InChI=1S/C17H27F5O/c1-11-3-5-12(6-4-11)13-9-14(18)16(15(19)10-13)23-8-2-7-17(20,21)22/h11-16H,2-10H2,1H3. The molecule has 1 nitrogen and oxygen atoms in total. The van der Waals surface area contributed by atoms with Crippen molar-refractivity contribution in [2.45, 2.75) is 82.9 Å². The maximum atomic E-state index is 14.3. The van der Waals surface area contributed by atoms with E-state index in [2.05, 4.69) is 6.92 Å². The Hall–Kier alpha value is -0.390. The topological polar surface area (TPSA) is 9.23 Å². The van der Waals surface area contributed by atoms with E-state index in [1.165, 1.54) is 0 Å². The van der Waals surface area contributed by atoms with Gasteiger partial charge in [-0.25, -0.2) is 8.78 Å². The third-order valence-corrected chi connectivity index (χ3v) is 5.41. The number of hydrogen-bond acceptors (Lipinski definition) is 1. The van der Waals surface area contributed by atoms with E-state index < -0.39 is 31.0 Å². The first kappa shape index (κ1) is 18.9. The predicted molar refractivity (Wildman–Crippen MR) is 78.7 cm³/mol. The molecule has 2 atom stereocenters. The second-order valence-electron chi connectivity index (χ2n) is 7.34. The summed E-state index contributed by atoms with van der Waals surface area (Å²) in [6, 6.07) is 0. The van der Waals surface area contributed by atoms with Gasteiger partial charge in [-0.05, 0) is 49.9 Å². The Bertz CT molecular complexity index is 339. The van der Waals surface area contributed by atoms with E-state index in [0.29, 0.717) is 11.8 Å². The molecule has 0 saturated heterocycles. The van der Waals surface area contributed by atoms with Crippen molar-refractivity contribution in [3.63, 3.8) is 0 Å². The van der Waals surface area contributed by atoms with Gasteiger partial charge in [-0.15, -0.1) is 0 Å². The van der Waals surface area contributed by atoms with Gasteiger partial charge in [0.25, 0.3) is 0 Å². The molecule has 23 heavy (non-hydrogen) atoms. The summed E-state index contributed by atoms with van der Waals surface area (Å²) in [6.07, 6.45) is -4.62. The number of halogens is 5. The molecule has 0 amide bonds. The molecule has 0 heterocycles. The van der Waals surface area contributed by atoms with Crippen LogP contribution in [0.4, 0.5) is 22.0 Å². The van der Waals surface area contributed by atoms with E-state index >= 15 is 0 Å². The van der Waals surface area contributed by atoms with Gasteiger partial charge in [-0.1, -0.05) is 19.8 Å². The van der Waals surface area contributed by atoms with Crippen molar-refractivity contribution in [2.75, 3.05) is 6.61 Å². The van der Waals surface area contributed by atoms with Crippen molar-refractivity contribution in [2.24, 2.45) is 17.8 Å². The van der Waals surface area contributed by atoms with Gasteiger partial charge in [0.2, 0.25) is 0 Å². The zero-order valence-electron chi connectivity index (χ0n) is 13.6. The van der Waals surface area contributed by atoms with Crippen LogP contribution < -0.4 is 0 Å². The molecule has 2 aliphatic rings. The minimum absolute atomic E-state index is 0.0440. The molecule has 0 aromatic carbocycles. The van der Waals surface area contributed by atoms with E-state index in [1.807, 2.05) is 0 Å². The van der Waals surface area contributed by atoms with E-state index in [0.717, 1.165) is 25.7 Å². The van der Waals surface area contributed by atoms with Crippen LogP contribution in [0.15, 0.2) is 0 Å². The van der Waals surface area contributed by atoms with Crippen LogP contribution in [0.25, 0.3) is 0 Å². The quantitative estimate of drug-likeness (QED) is 0.465. The fourth-order valence-corrected chi connectivity index (χ4v) is 4.01. The molecule has 0 radical (unpaired) electrons. The summed E-state index contributed by atoms with van der Waals surface area (Å²) in [5, 5.41) is 0. The van der Waals surface area contributed by atoms with Crippen LogP contribution in [0, 0.1) is 17.8 Å². The molecule has 2 aliphatic carbocycles. The molecule has 2 saturated carbocycles. The van der Waals surface area contributed by atoms with Crippen LogP contribution in [0.3, 0.4) is 0 Å². The number of hydrogen-bond donors (Lipinski definition) is 0. The van der Waals surface area contributed by atoms with Crippen molar-refractivity contribution in [1.82, 2.24) is 0 Å². The minimum Gasteiger partial charge on any atom is -0.372 e. The van der Waals surface area contributed by atoms with Crippen molar-refractivity contribution in [3.05, 3.63) is 0 Å². The average Bonchev–Trinajstić information content (AvgIpc) is 2.45. The van der Waals surface area contributed by atoms with Gasteiger partial charge in [-0.2, -0.15) is 13.2 Å². The van der Waals surface area contributed by atoms with E-state index in [9.17, 15) is 22.0 Å². The number of ether oxygens (including phenoxy) is 1. The molecule has 2 rings (SSSR count). The molecular formula is C17H27F5O. The maximum absolute atomic E-state index is 14.3. The highest BCUT2D eigenvalue weighted by atomic mass is 19.4. The molecule has 0 N–H and O–H groups in total. The maximum Gasteiger partial charge on any atom is 0.389 e. The molecule has 2 unspecified atom stereocenters. The fourth-order valence-electron chi connectivity index (χ4n) is 4.01. The SMILES string of the molecule is CC1CCC(C2CC(F)C(OCCCC(F)(F)F)C(F)C2)CC1. The van der Waals surface area contributed by atoms with Crippen molar-refractivity contribution in [1.29, 1.82) is 0 Å². The van der Waals surface area contributed by atoms with Crippen molar-refractivity contribution in [3.8, 4) is 0 Å². The normalized spacial score (nSPS) is 39.4. The number of alkyl halides is 5. The van der Waals surface area contributed by atoms with Crippen molar-refractivity contribution < 1.29 is 26.7 Å². The highest BCUT2D eigenvalue weighted by Crippen LogP contribution is 2.42. The van der Waals surface area contributed by atoms with Gasteiger partial charge in [-0.3, -0.25) is 0 Å². The highest BCUT2D eigenvalue weighted by molar-refractivity contribution is 4.91. The lowest BCUT2D eigenvalue weighted by Gasteiger charge is -2.40. The summed E-state index contributed by atoms with van der Waals surface area (Å²) in [4.78, 5) is 0. The lowest BCUT2D eigenvalue weighted by atomic mass is 9.70. The summed E-state index contributed by atoms with van der Waals surface area (Å²) in [6.45, 7) is 1.97. The molecule has 6 heteroatoms. The summed E-state index contributed by atoms with van der Waals surface area (Å²) in [5.74, 6) is 1.12. The summed E-state index contributed by atoms with van der Waals surface area (Å²) >= 11 is 0. The Labute approximate surface area is 135 Å². The average molecular weight is 342 g/mol. The van der Waals surface area contributed by atoms with Crippen LogP contribution in [0.5, 0.6) is 0 Å². The smallest absolute Gasteiger partial charge is 0.372 e. The zero-order chi connectivity index (χ0) is 17.0. The van der Waals surface area contributed by atoms with Crippen LogP contribution in [-0.2, 0) is 4.74 Å². The summed E-state index contributed by atoms with van der Waals surface area (Å²) < 4.78 is 69.8. The molecular weight excluding hydrogens is 315 g/mol. The van der Waals surface area contributed by atoms with Gasteiger partial charge >= 0.3 is 6.18 Å². The molecule has 0 bridgehead atoms. The predicted octanol–water partition coefficient (Wildman–Crippen LogP) is 5.63. The third kappa shape index (κ3) is 5.87. The van der Waals surface area contributed by atoms with Gasteiger partial charge in [0.1, 0.15) is 18.4 Å². The molecule has 2 fully saturated rings. The molecule has 0 spiro atoms. The second kappa shape index (κ2) is 8.13. The molecule has 0 aromatic rings. The Morgan fingerprint density at radius 3 is 2.00 bits per heavy atom. The largest absolute Gasteiger partial charge is 0.389 e. The molecule has 0 aromatic heterocycles. The van der Waals surface area contributed by atoms with Gasteiger partial charge in [0.15, 0.2) is 0 Å². The monoisotopic (exact) mass is 342 g/mol. The molecule has 0 aliphatic heterocycles. The molecule has 136 valence electrons. The fraction of sp³-hybridized carbons (Fsp3) is 1.00. The van der Waals surface area contributed by atoms with Crippen LogP contribution in [-0.4, -0.2) is 31.2 Å². The minimum atomic E-state index is -4.25. The first-order valence-electron chi connectivity index (χ1n) is 8.72. The summed E-state index contributed by atoms with van der Waals surface area (Å²) in [5.41, 5.74) is 0. The highest BCUT2D eigenvalue weighted by Gasteiger charge is 2.42. The third-order valence-electron chi connectivity index (χ3n) is 5.41. The first-order chi connectivity index (χ1) is 10.8. The number of rotatable bonds is 5. The van der Waals surface area contributed by atoms with Gasteiger partial charge < -0.3 is 4.74 Å². The van der Waals surface area contributed by atoms with E-state index in [1.54, 1.807) is 0 Å². The lowest BCUT2D eigenvalue weighted by Crippen LogP contribution is -2.44. The van der Waals surface area contributed by atoms with E-state index in [4.69, 9.17) is 4.74 Å². The summed E-state index contributed by atoms with van der Waals surface area (Å²) in [7, 11) is 0. The second-order valence-corrected chi connectivity index (χ2v) is 7.34. The van der Waals surface area contributed by atoms with Gasteiger partial charge in [0.05, 0.1) is 0 Å². The Morgan fingerprint density at radius 2 is 1.48 bits per heavy atom. The van der Waals surface area contributed by atoms with Gasteiger partial charge in [0, 0.05) is 13.0 Å². The zero-order valence-corrected chi connectivity index (χ0v) is 13.6. The Kier molecular flexibility index (Phi) is 6.69. The van der Waals surface area contributed by atoms with E-state index in [-0.39, 0.29) is 31.8 Å². The first-order valence-corrected chi connectivity index (χ1v) is 8.72. The van der Waals surface area contributed by atoms with Crippen LogP contribution in [0.1, 0.15) is 58.3 Å². The van der Waals surface area contributed by atoms with Crippen LogP contribution >= 0.6 is 0 Å². The van der Waals surface area contributed by atoms with Crippen molar-refractivity contribution >= 4 is 0 Å². The Balaban J connectivity index is 1.75.